The van der Waals surface area contributed by atoms with E-state index in [1.54, 1.807) is 0 Å². The fourth-order valence-corrected chi connectivity index (χ4v) is 3.09. The van der Waals surface area contributed by atoms with Gasteiger partial charge in [0.1, 0.15) is 0 Å². The van der Waals surface area contributed by atoms with Gasteiger partial charge in [0.15, 0.2) is 0 Å². The summed E-state index contributed by atoms with van der Waals surface area (Å²) in [5.74, 6) is 0.850. The number of nitrogens with one attached hydrogen (secondary N) is 1. The van der Waals surface area contributed by atoms with Crippen molar-refractivity contribution < 1.29 is 0 Å². The third-order valence-electron chi connectivity index (χ3n) is 4.05. The smallest absolute Gasteiger partial charge is 0.0364 e. The fraction of sp³-hybridized carbons (Fsp3) is 0.600. The molecular weight excluding hydrogens is 288 g/mol. The predicted octanol–water partition coefficient (Wildman–Crippen LogP) is 3.66. The summed E-state index contributed by atoms with van der Waals surface area (Å²) >= 11 is 3.48. The third-order valence-corrected chi connectivity index (χ3v) is 4.58. The van der Waals surface area contributed by atoms with Crippen LogP contribution in [0, 0.1) is 5.92 Å². The van der Waals surface area contributed by atoms with E-state index < -0.39 is 0 Å². The second-order valence-corrected chi connectivity index (χ2v) is 6.28. The molecule has 2 rings (SSSR count). The average Bonchev–Trinajstić information content (AvgIpc) is 2.40. The van der Waals surface area contributed by atoms with Crippen molar-refractivity contribution in [2.24, 2.45) is 5.92 Å². The Morgan fingerprint density at radius 2 is 1.78 bits per heavy atom. The molecule has 3 heteroatoms. The Kier molecular flexibility index (Phi) is 5.07. The van der Waals surface area contributed by atoms with Crippen LogP contribution in [0.15, 0.2) is 28.7 Å². The highest BCUT2D eigenvalue weighted by atomic mass is 79.9. The second kappa shape index (κ2) is 6.58. The first-order valence-electron chi connectivity index (χ1n) is 6.83. The van der Waals surface area contributed by atoms with Gasteiger partial charge in [0.05, 0.1) is 0 Å². The predicted molar refractivity (Wildman–Crippen MR) is 82.2 cm³/mol. The minimum atomic E-state index is 0.749. The van der Waals surface area contributed by atoms with Gasteiger partial charge in [0, 0.05) is 29.8 Å². The molecule has 0 amide bonds. The molecule has 1 aliphatic rings. The molecule has 1 aromatic carbocycles. The molecular formula is C15H23BrN2. The zero-order chi connectivity index (χ0) is 13.0. The van der Waals surface area contributed by atoms with Crippen LogP contribution in [0.2, 0.25) is 0 Å². The maximum absolute atomic E-state index is 3.48. The van der Waals surface area contributed by atoms with Crippen molar-refractivity contribution in [1.29, 1.82) is 0 Å². The summed E-state index contributed by atoms with van der Waals surface area (Å²) in [5, 5.41) is 3.40. The molecule has 100 valence electrons. The molecule has 0 saturated heterocycles. The molecule has 1 aliphatic carbocycles. The van der Waals surface area contributed by atoms with E-state index in [1.165, 1.54) is 37.9 Å². The number of nitrogens with zero attached hydrogens (tertiary/aromatic N) is 1. The highest BCUT2D eigenvalue weighted by Gasteiger charge is 2.21. The molecule has 2 nitrogen and oxygen atoms in total. The van der Waals surface area contributed by atoms with Gasteiger partial charge >= 0.3 is 0 Å². The van der Waals surface area contributed by atoms with Crippen LogP contribution in [0.25, 0.3) is 0 Å². The molecule has 18 heavy (non-hydrogen) atoms. The average molecular weight is 311 g/mol. The van der Waals surface area contributed by atoms with Crippen molar-refractivity contribution in [3.05, 3.63) is 28.7 Å². The first-order valence-corrected chi connectivity index (χ1v) is 7.62. The zero-order valence-electron chi connectivity index (χ0n) is 11.3. The number of benzene rings is 1. The molecule has 1 N–H and O–H groups in total. The molecule has 0 bridgehead atoms. The van der Waals surface area contributed by atoms with E-state index in [1.807, 2.05) is 0 Å². The molecule has 0 aromatic heterocycles. The topological polar surface area (TPSA) is 15.3 Å². The molecule has 0 spiro atoms. The minimum Gasteiger partial charge on any atom is -0.374 e. The van der Waals surface area contributed by atoms with E-state index in [2.05, 4.69) is 64.5 Å². The van der Waals surface area contributed by atoms with Gasteiger partial charge in [-0.1, -0.05) is 15.9 Å². The van der Waals surface area contributed by atoms with Gasteiger partial charge in [-0.3, -0.25) is 0 Å². The summed E-state index contributed by atoms with van der Waals surface area (Å²) in [6.45, 7) is 1.18. The normalized spacial score (nSPS) is 23.9. The van der Waals surface area contributed by atoms with Crippen LogP contribution >= 0.6 is 15.9 Å². The van der Waals surface area contributed by atoms with E-state index in [0.29, 0.717) is 0 Å². The van der Waals surface area contributed by atoms with E-state index >= 15 is 0 Å². The number of hydrogen-bond acceptors (Lipinski definition) is 2. The lowest BCUT2D eigenvalue weighted by atomic mass is 9.86. The van der Waals surface area contributed by atoms with Crippen LogP contribution in [0.5, 0.6) is 0 Å². The van der Waals surface area contributed by atoms with Crippen molar-refractivity contribution in [2.75, 3.05) is 25.5 Å². The highest BCUT2D eigenvalue weighted by Crippen LogP contribution is 2.26. The van der Waals surface area contributed by atoms with Crippen LogP contribution < -0.4 is 10.2 Å². The van der Waals surface area contributed by atoms with Crippen molar-refractivity contribution in [3.8, 4) is 0 Å². The van der Waals surface area contributed by atoms with Crippen molar-refractivity contribution in [2.45, 2.75) is 31.7 Å². The fourth-order valence-electron chi connectivity index (χ4n) is 2.82. The van der Waals surface area contributed by atoms with Crippen molar-refractivity contribution >= 4 is 21.6 Å². The Balaban J connectivity index is 1.84. The molecule has 1 aromatic rings. The summed E-state index contributed by atoms with van der Waals surface area (Å²) in [6, 6.07) is 9.35. The van der Waals surface area contributed by atoms with Gasteiger partial charge in [0.25, 0.3) is 0 Å². The molecule has 0 aliphatic heterocycles. The van der Waals surface area contributed by atoms with Crippen molar-refractivity contribution in [3.63, 3.8) is 0 Å². The van der Waals surface area contributed by atoms with Crippen LogP contribution in [0.4, 0.5) is 5.69 Å². The van der Waals surface area contributed by atoms with Gasteiger partial charge in [-0.15, -0.1) is 0 Å². The van der Waals surface area contributed by atoms with Crippen LogP contribution in [-0.2, 0) is 0 Å². The summed E-state index contributed by atoms with van der Waals surface area (Å²) in [4.78, 5) is 2.39. The Morgan fingerprint density at radius 1 is 1.17 bits per heavy atom. The maximum atomic E-state index is 3.48. The van der Waals surface area contributed by atoms with Crippen molar-refractivity contribution in [1.82, 2.24) is 5.32 Å². The minimum absolute atomic E-state index is 0.749. The second-order valence-electron chi connectivity index (χ2n) is 5.36. The number of hydrogen-bond donors (Lipinski definition) is 1. The molecule has 1 saturated carbocycles. The SMILES string of the molecule is CNC1CCC(CN(C)c2ccc(Br)cc2)CC1. The summed E-state index contributed by atoms with van der Waals surface area (Å²) in [7, 11) is 4.28. The lowest BCUT2D eigenvalue weighted by Gasteiger charge is -2.32. The molecule has 0 atom stereocenters. The maximum Gasteiger partial charge on any atom is 0.0364 e. The molecule has 1 fully saturated rings. The Bertz CT molecular complexity index is 355. The van der Waals surface area contributed by atoms with Gasteiger partial charge in [-0.25, -0.2) is 0 Å². The standard InChI is InChI=1S/C15H23BrN2/c1-17-14-7-3-12(4-8-14)11-18(2)15-9-5-13(16)6-10-15/h5-6,9-10,12,14,17H,3-4,7-8,11H2,1-2H3. The van der Waals surface area contributed by atoms with E-state index in [9.17, 15) is 0 Å². The summed E-state index contributed by atoms with van der Waals surface area (Å²) < 4.78 is 1.15. The molecule has 0 heterocycles. The quantitative estimate of drug-likeness (QED) is 0.913. The number of halogens is 1. The largest absolute Gasteiger partial charge is 0.374 e. The zero-order valence-corrected chi connectivity index (χ0v) is 12.9. The monoisotopic (exact) mass is 310 g/mol. The van der Waals surface area contributed by atoms with Gasteiger partial charge in [-0.2, -0.15) is 0 Å². The number of rotatable bonds is 4. The van der Waals surface area contributed by atoms with E-state index in [-0.39, 0.29) is 0 Å². The Hall–Kier alpha value is -0.540. The lowest BCUT2D eigenvalue weighted by Crippen LogP contribution is -2.34. The first kappa shape index (κ1) is 13.9. The lowest BCUT2D eigenvalue weighted by molar-refractivity contribution is 0.305. The van der Waals surface area contributed by atoms with E-state index in [0.717, 1.165) is 16.4 Å². The van der Waals surface area contributed by atoms with E-state index in [4.69, 9.17) is 0 Å². The first-order chi connectivity index (χ1) is 8.69. The Labute approximate surface area is 119 Å². The van der Waals surface area contributed by atoms with Gasteiger partial charge in [-0.05, 0) is 62.9 Å². The highest BCUT2D eigenvalue weighted by molar-refractivity contribution is 9.10. The van der Waals surface area contributed by atoms with Gasteiger partial charge < -0.3 is 10.2 Å². The van der Waals surface area contributed by atoms with Gasteiger partial charge in [0.2, 0.25) is 0 Å². The molecule has 0 radical (unpaired) electrons. The third kappa shape index (κ3) is 3.72. The Morgan fingerprint density at radius 3 is 2.33 bits per heavy atom. The van der Waals surface area contributed by atoms with Crippen LogP contribution in [-0.4, -0.2) is 26.7 Å². The summed E-state index contributed by atoms with van der Waals surface area (Å²) in [5.41, 5.74) is 1.31. The number of anilines is 1. The van der Waals surface area contributed by atoms with Crippen LogP contribution in [0.1, 0.15) is 25.7 Å². The summed E-state index contributed by atoms with van der Waals surface area (Å²) in [6.07, 6.45) is 5.36. The molecule has 0 unspecified atom stereocenters. The van der Waals surface area contributed by atoms with Crippen LogP contribution in [0.3, 0.4) is 0 Å².